The molecule has 29 heavy (non-hydrogen) atoms. The zero-order chi connectivity index (χ0) is 19.8. The predicted octanol–water partition coefficient (Wildman–Crippen LogP) is 4.50. The minimum Gasteiger partial charge on any atom is -0.506 e. The van der Waals surface area contributed by atoms with Gasteiger partial charge >= 0.3 is 0 Å². The van der Waals surface area contributed by atoms with Gasteiger partial charge in [-0.2, -0.15) is 0 Å². The van der Waals surface area contributed by atoms with Crippen LogP contribution in [0.1, 0.15) is 5.56 Å². The van der Waals surface area contributed by atoms with Gasteiger partial charge < -0.3 is 15.0 Å². The minimum absolute atomic E-state index is 0.158. The van der Waals surface area contributed by atoms with Crippen LogP contribution in [0, 0.1) is 0 Å². The Hall–Kier alpha value is -3.93. The van der Waals surface area contributed by atoms with Gasteiger partial charge in [0.25, 0.3) is 0 Å². The molecule has 0 fully saturated rings. The molecule has 0 aliphatic carbocycles. The average Bonchev–Trinajstić information content (AvgIpc) is 3.12. The van der Waals surface area contributed by atoms with Crippen LogP contribution in [0.5, 0.6) is 5.75 Å². The molecule has 0 saturated carbocycles. The molecule has 0 saturated heterocycles. The lowest BCUT2D eigenvalue weighted by atomic mass is 10.0. The third kappa shape index (κ3) is 3.25. The van der Waals surface area contributed by atoms with Crippen molar-refractivity contribution in [1.82, 2.24) is 19.5 Å². The first-order valence-electron chi connectivity index (χ1n) is 9.34. The van der Waals surface area contributed by atoms with Gasteiger partial charge in [0.05, 0.1) is 17.2 Å². The van der Waals surface area contributed by atoms with Crippen molar-refractivity contribution in [3.05, 3.63) is 79.0 Å². The molecule has 2 N–H and O–H groups in total. The van der Waals surface area contributed by atoms with Gasteiger partial charge in [-0.25, -0.2) is 0 Å². The molecule has 6 nitrogen and oxygen atoms in total. The van der Waals surface area contributed by atoms with Crippen LogP contribution in [0.3, 0.4) is 0 Å². The van der Waals surface area contributed by atoms with Crippen LogP contribution in [-0.4, -0.2) is 24.6 Å². The lowest BCUT2D eigenvalue weighted by Gasteiger charge is -2.12. The molecule has 0 bridgehead atoms. The number of hydrogen-bond donors (Lipinski definition) is 2. The van der Waals surface area contributed by atoms with E-state index in [2.05, 4.69) is 61.4 Å². The third-order valence-electron chi connectivity index (χ3n) is 5.05. The SMILES string of the molecule is Cn1ccc2ccc(-c3cc(NCc4cncc(O)c4)cc4nccnc34)cc21. The fourth-order valence-electron chi connectivity index (χ4n) is 3.60. The molecule has 6 heteroatoms. The zero-order valence-corrected chi connectivity index (χ0v) is 15.9. The Labute approximate surface area is 167 Å². The highest BCUT2D eigenvalue weighted by atomic mass is 16.3. The van der Waals surface area contributed by atoms with Crippen LogP contribution in [0.4, 0.5) is 5.69 Å². The molecule has 0 radical (unpaired) electrons. The maximum atomic E-state index is 9.63. The van der Waals surface area contributed by atoms with Crippen LogP contribution in [0.15, 0.2) is 73.4 Å². The van der Waals surface area contributed by atoms with Gasteiger partial charge in [-0.3, -0.25) is 15.0 Å². The highest BCUT2D eigenvalue weighted by Gasteiger charge is 2.10. The summed E-state index contributed by atoms with van der Waals surface area (Å²) in [6, 6.07) is 14.3. The second kappa shape index (κ2) is 6.91. The summed E-state index contributed by atoms with van der Waals surface area (Å²) in [6.07, 6.45) is 8.65. The smallest absolute Gasteiger partial charge is 0.134 e. The molecule has 5 rings (SSSR count). The van der Waals surface area contributed by atoms with Crippen molar-refractivity contribution in [2.75, 3.05) is 5.32 Å². The number of aryl methyl sites for hydroxylation is 1. The van der Waals surface area contributed by atoms with Crippen molar-refractivity contribution < 1.29 is 5.11 Å². The Morgan fingerprint density at radius 3 is 2.79 bits per heavy atom. The van der Waals surface area contributed by atoms with E-state index in [9.17, 15) is 5.11 Å². The molecule has 0 aliphatic heterocycles. The average molecular weight is 381 g/mol. The second-order valence-electron chi connectivity index (χ2n) is 7.05. The van der Waals surface area contributed by atoms with Crippen molar-refractivity contribution in [2.45, 2.75) is 6.54 Å². The Morgan fingerprint density at radius 2 is 1.90 bits per heavy atom. The fraction of sp³-hybridized carbons (Fsp3) is 0.0870. The van der Waals surface area contributed by atoms with E-state index >= 15 is 0 Å². The second-order valence-corrected chi connectivity index (χ2v) is 7.05. The fourth-order valence-corrected chi connectivity index (χ4v) is 3.60. The molecule has 0 unspecified atom stereocenters. The van der Waals surface area contributed by atoms with E-state index in [1.54, 1.807) is 24.7 Å². The summed E-state index contributed by atoms with van der Waals surface area (Å²) in [5.41, 5.74) is 6.81. The van der Waals surface area contributed by atoms with Crippen LogP contribution >= 0.6 is 0 Å². The first kappa shape index (κ1) is 17.2. The summed E-state index contributed by atoms with van der Waals surface area (Å²) in [5, 5.41) is 14.2. The largest absolute Gasteiger partial charge is 0.506 e. The zero-order valence-electron chi connectivity index (χ0n) is 15.9. The van der Waals surface area contributed by atoms with Gasteiger partial charge in [-0.1, -0.05) is 12.1 Å². The van der Waals surface area contributed by atoms with E-state index in [0.717, 1.165) is 33.4 Å². The quantitative estimate of drug-likeness (QED) is 0.479. The van der Waals surface area contributed by atoms with Crippen LogP contribution in [0.25, 0.3) is 33.1 Å². The van der Waals surface area contributed by atoms with Crippen molar-refractivity contribution in [3.8, 4) is 16.9 Å². The van der Waals surface area contributed by atoms with E-state index in [1.807, 2.05) is 13.1 Å². The summed E-state index contributed by atoms with van der Waals surface area (Å²) in [6.45, 7) is 0.545. The summed E-state index contributed by atoms with van der Waals surface area (Å²) < 4.78 is 2.11. The Bertz CT molecular complexity index is 1340. The maximum Gasteiger partial charge on any atom is 0.134 e. The van der Waals surface area contributed by atoms with Crippen molar-refractivity contribution >= 4 is 27.6 Å². The molecule has 0 aliphatic rings. The van der Waals surface area contributed by atoms with Gasteiger partial charge in [0.15, 0.2) is 0 Å². The number of hydrogen-bond acceptors (Lipinski definition) is 5. The van der Waals surface area contributed by atoms with E-state index in [1.165, 1.54) is 17.1 Å². The minimum atomic E-state index is 0.158. The first-order valence-corrected chi connectivity index (χ1v) is 9.34. The molecule has 3 aromatic heterocycles. The maximum absolute atomic E-state index is 9.63. The summed E-state index contributed by atoms with van der Waals surface area (Å²) >= 11 is 0. The van der Waals surface area contributed by atoms with Gasteiger partial charge in [0.1, 0.15) is 5.75 Å². The van der Waals surface area contributed by atoms with Crippen molar-refractivity contribution in [1.29, 1.82) is 0 Å². The number of pyridine rings is 1. The Morgan fingerprint density at radius 1 is 1.00 bits per heavy atom. The van der Waals surface area contributed by atoms with E-state index < -0.39 is 0 Å². The molecule has 142 valence electrons. The standard InChI is InChI=1S/C23H19N5O/c1-28-7-4-16-2-3-17(9-22(16)28)20-10-18(11-21-23(20)26-6-5-25-21)27-13-15-8-19(29)14-24-12-15/h2-12,14,27,29H,13H2,1H3. The van der Waals surface area contributed by atoms with E-state index in [-0.39, 0.29) is 5.75 Å². The number of aromatic hydroxyl groups is 1. The van der Waals surface area contributed by atoms with Gasteiger partial charge in [-0.15, -0.1) is 0 Å². The molecule has 5 aromatic rings. The first-order chi connectivity index (χ1) is 14.2. The van der Waals surface area contributed by atoms with Crippen LogP contribution < -0.4 is 5.32 Å². The van der Waals surface area contributed by atoms with Gasteiger partial charge in [0, 0.05) is 55.1 Å². The number of nitrogens with zero attached hydrogens (tertiary/aromatic N) is 4. The molecular formula is C23H19N5O. The number of fused-ring (bicyclic) bond motifs is 2. The van der Waals surface area contributed by atoms with Crippen LogP contribution in [0.2, 0.25) is 0 Å². The summed E-state index contributed by atoms with van der Waals surface area (Å²) in [7, 11) is 2.05. The normalized spacial score (nSPS) is 11.2. The van der Waals surface area contributed by atoms with Crippen LogP contribution in [-0.2, 0) is 13.6 Å². The summed E-state index contributed by atoms with van der Waals surface area (Å²) in [4.78, 5) is 13.1. The summed E-state index contributed by atoms with van der Waals surface area (Å²) in [5.74, 6) is 0.158. The topological polar surface area (TPSA) is 75.9 Å². The number of benzene rings is 2. The number of nitrogens with one attached hydrogen (secondary N) is 1. The number of aromatic nitrogens is 4. The molecule has 2 aromatic carbocycles. The predicted molar refractivity (Wildman–Crippen MR) is 115 cm³/mol. The molecule has 0 spiro atoms. The van der Waals surface area contributed by atoms with Crippen molar-refractivity contribution in [2.24, 2.45) is 7.05 Å². The molecule has 3 heterocycles. The number of rotatable bonds is 4. The van der Waals surface area contributed by atoms with E-state index in [4.69, 9.17) is 0 Å². The van der Waals surface area contributed by atoms with Gasteiger partial charge in [0.2, 0.25) is 0 Å². The number of anilines is 1. The van der Waals surface area contributed by atoms with Gasteiger partial charge in [-0.05, 0) is 46.8 Å². The van der Waals surface area contributed by atoms with Crippen molar-refractivity contribution in [3.63, 3.8) is 0 Å². The molecule has 0 amide bonds. The third-order valence-corrected chi connectivity index (χ3v) is 5.05. The lowest BCUT2D eigenvalue weighted by molar-refractivity contribution is 0.472. The highest BCUT2D eigenvalue weighted by molar-refractivity contribution is 5.97. The monoisotopic (exact) mass is 381 g/mol. The lowest BCUT2D eigenvalue weighted by Crippen LogP contribution is -2.01. The Kier molecular flexibility index (Phi) is 4.09. The molecule has 0 atom stereocenters. The highest BCUT2D eigenvalue weighted by Crippen LogP contribution is 2.32. The van der Waals surface area contributed by atoms with E-state index in [0.29, 0.717) is 6.54 Å². The molecular weight excluding hydrogens is 362 g/mol. The Balaban J connectivity index is 1.58.